The largest absolute Gasteiger partial charge is 0.431 e. The molecule has 4 nitrogen and oxygen atoms in total. The van der Waals surface area contributed by atoms with E-state index in [1.807, 2.05) is 25.1 Å². The third-order valence-corrected chi connectivity index (χ3v) is 4.35. The number of oxazole rings is 1. The molecule has 0 bridgehead atoms. The monoisotopic (exact) mass is 285 g/mol. The van der Waals surface area contributed by atoms with Crippen molar-refractivity contribution in [1.82, 2.24) is 4.98 Å². The number of hydrogen-bond donors (Lipinski definition) is 0. The maximum absolute atomic E-state index is 11.0. The van der Waals surface area contributed by atoms with Gasteiger partial charge in [-0.15, -0.1) is 0 Å². The lowest BCUT2D eigenvalue weighted by Gasteiger charge is -1.96. The zero-order valence-electron chi connectivity index (χ0n) is 10.3. The number of hydrogen-bond acceptors (Lipinski definition) is 5. The summed E-state index contributed by atoms with van der Waals surface area (Å²) in [5, 5.41) is 0.601. The van der Waals surface area contributed by atoms with Crippen molar-refractivity contribution in [2.45, 2.75) is 18.6 Å². The van der Waals surface area contributed by atoms with Gasteiger partial charge in [-0.1, -0.05) is 17.8 Å². The Balaban J connectivity index is 1.96. The lowest BCUT2D eigenvalue weighted by atomic mass is 10.2. The van der Waals surface area contributed by atoms with Crippen LogP contribution in [-0.2, 0) is 9.84 Å². The highest BCUT2D eigenvalue weighted by Gasteiger charge is 2.07. The SMILES string of the molecule is Cc1ccc2oc(SCCCS(C)(=O)=O)nc2c1. The summed E-state index contributed by atoms with van der Waals surface area (Å²) in [5.41, 5.74) is 2.76. The van der Waals surface area contributed by atoms with Gasteiger partial charge in [0.25, 0.3) is 5.22 Å². The predicted octanol–water partition coefficient (Wildman–Crippen LogP) is 2.66. The van der Waals surface area contributed by atoms with Crippen molar-refractivity contribution in [3.8, 4) is 0 Å². The molecule has 0 spiro atoms. The lowest BCUT2D eigenvalue weighted by molar-refractivity contribution is 0.489. The number of sulfone groups is 1. The molecule has 18 heavy (non-hydrogen) atoms. The Morgan fingerprint density at radius 3 is 2.89 bits per heavy atom. The van der Waals surface area contributed by atoms with Crippen molar-refractivity contribution >= 4 is 32.7 Å². The van der Waals surface area contributed by atoms with Gasteiger partial charge in [0.15, 0.2) is 5.58 Å². The van der Waals surface area contributed by atoms with Gasteiger partial charge < -0.3 is 4.42 Å². The molecule has 0 saturated heterocycles. The molecule has 2 aromatic rings. The topological polar surface area (TPSA) is 60.2 Å². The Hall–Kier alpha value is -1.01. The molecule has 1 aromatic heterocycles. The summed E-state index contributed by atoms with van der Waals surface area (Å²) < 4.78 is 27.5. The predicted molar refractivity (Wildman–Crippen MR) is 73.8 cm³/mol. The molecule has 0 saturated carbocycles. The Morgan fingerprint density at radius 1 is 1.39 bits per heavy atom. The molecule has 98 valence electrons. The lowest BCUT2D eigenvalue weighted by Crippen LogP contribution is -2.03. The maximum atomic E-state index is 11.0. The van der Waals surface area contributed by atoms with E-state index in [2.05, 4.69) is 4.98 Å². The highest BCUT2D eigenvalue weighted by atomic mass is 32.2. The van der Waals surface area contributed by atoms with Crippen LogP contribution < -0.4 is 0 Å². The van der Waals surface area contributed by atoms with Crippen molar-refractivity contribution in [3.63, 3.8) is 0 Å². The number of benzene rings is 1. The Morgan fingerprint density at radius 2 is 2.17 bits per heavy atom. The van der Waals surface area contributed by atoms with E-state index in [1.54, 1.807) is 0 Å². The van der Waals surface area contributed by atoms with Crippen molar-refractivity contribution in [2.75, 3.05) is 17.8 Å². The third-order valence-electron chi connectivity index (χ3n) is 2.41. The smallest absolute Gasteiger partial charge is 0.256 e. The van der Waals surface area contributed by atoms with Crippen molar-refractivity contribution in [3.05, 3.63) is 23.8 Å². The van der Waals surface area contributed by atoms with Gasteiger partial charge in [-0.2, -0.15) is 0 Å². The van der Waals surface area contributed by atoms with Gasteiger partial charge in [0.05, 0.1) is 5.75 Å². The number of aryl methyl sites for hydroxylation is 1. The van der Waals surface area contributed by atoms with Crippen LogP contribution in [0.2, 0.25) is 0 Å². The molecule has 6 heteroatoms. The van der Waals surface area contributed by atoms with Crippen LogP contribution in [-0.4, -0.2) is 31.2 Å². The molecule has 1 aromatic carbocycles. The molecule has 0 unspecified atom stereocenters. The zero-order valence-corrected chi connectivity index (χ0v) is 12.0. The molecule has 0 radical (unpaired) electrons. The van der Waals surface area contributed by atoms with Gasteiger partial charge in [-0.3, -0.25) is 0 Å². The Labute approximate surface area is 111 Å². The number of rotatable bonds is 5. The highest BCUT2D eigenvalue weighted by Crippen LogP contribution is 2.24. The van der Waals surface area contributed by atoms with E-state index in [9.17, 15) is 8.42 Å². The molecule has 0 N–H and O–H groups in total. The van der Waals surface area contributed by atoms with E-state index < -0.39 is 9.84 Å². The quantitative estimate of drug-likeness (QED) is 0.624. The van der Waals surface area contributed by atoms with Gasteiger partial charge in [0.1, 0.15) is 15.4 Å². The minimum absolute atomic E-state index is 0.208. The van der Waals surface area contributed by atoms with Crippen LogP contribution in [0.3, 0.4) is 0 Å². The first-order valence-electron chi connectivity index (χ1n) is 5.62. The fourth-order valence-corrected chi connectivity index (χ4v) is 3.18. The maximum Gasteiger partial charge on any atom is 0.256 e. The number of fused-ring (bicyclic) bond motifs is 1. The molecule has 0 fully saturated rings. The number of aromatic nitrogens is 1. The molecule has 0 aliphatic carbocycles. The van der Waals surface area contributed by atoms with Crippen LogP contribution in [0, 0.1) is 6.92 Å². The van der Waals surface area contributed by atoms with E-state index in [1.165, 1.54) is 18.0 Å². The Kier molecular flexibility index (Phi) is 3.97. The minimum atomic E-state index is -2.87. The molecular weight excluding hydrogens is 270 g/mol. The standard InChI is InChI=1S/C12H15NO3S2/c1-9-4-5-11-10(8-9)13-12(16-11)17-6-3-7-18(2,14)15/h4-5,8H,3,6-7H2,1-2H3. The number of nitrogens with zero attached hydrogens (tertiary/aromatic N) is 1. The summed E-state index contributed by atoms with van der Waals surface area (Å²) in [5.74, 6) is 0.901. The second-order valence-corrected chi connectivity index (χ2v) is 7.59. The minimum Gasteiger partial charge on any atom is -0.431 e. The zero-order chi connectivity index (χ0) is 13.2. The fraction of sp³-hybridized carbons (Fsp3) is 0.417. The van der Waals surface area contributed by atoms with Gasteiger partial charge in [-0.05, 0) is 31.0 Å². The van der Waals surface area contributed by atoms with Crippen LogP contribution in [0.5, 0.6) is 0 Å². The third kappa shape index (κ3) is 3.74. The van der Waals surface area contributed by atoms with Crippen molar-refractivity contribution < 1.29 is 12.8 Å². The van der Waals surface area contributed by atoms with E-state index in [4.69, 9.17) is 4.42 Å². The van der Waals surface area contributed by atoms with Gasteiger partial charge in [0, 0.05) is 12.0 Å². The first-order chi connectivity index (χ1) is 8.44. The van der Waals surface area contributed by atoms with E-state index >= 15 is 0 Å². The summed E-state index contributed by atoms with van der Waals surface area (Å²) in [6.45, 7) is 2.01. The first kappa shape index (κ1) is 13.4. The van der Waals surface area contributed by atoms with Crippen LogP contribution in [0.1, 0.15) is 12.0 Å². The summed E-state index contributed by atoms with van der Waals surface area (Å²) in [4.78, 5) is 4.35. The summed E-state index contributed by atoms with van der Waals surface area (Å²) in [6.07, 6.45) is 1.86. The summed E-state index contributed by atoms with van der Waals surface area (Å²) in [7, 11) is -2.87. The summed E-state index contributed by atoms with van der Waals surface area (Å²) in [6, 6.07) is 5.85. The first-order valence-corrected chi connectivity index (χ1v) is 8.66. The second kappa shape index (κ2) is 5.32. The number of thioether (sulfide) groups is 1. The molecule has 0 amide bonds. The average molecular weight is 285 g/mol. The van der Waals surface area contributed by atoms with Gasteiger partial charge in [-0.25, -0.2) is 13.4 Å². The highest BCUT2D eigenvalue weighted by molar-refractivity contribution is 7.99. The molecular formula is C12H15NO3S2. The van der Waals surface area contributed by atoms with Gasteiger partial charge in [0.2, 0.25) is 0 Å². The summed E-state index contributed by atoms with van der Waals surface area (Å²) >= 11 is 1.45. The molecule has 0 aliphatic heterocycles. The molecule has 0 atom stereocenters. The van der Waals surface area contributed by atoms with Crippen LogP contribution in [0.15, 0.2) is 27.8 Å². The second-order valence-electron chi connectivity index (χ2n) is 4.28. The van der Waals surface area contributed by atoms with E-state index in [-0.39, 0.29) is 5.75 Å². The Bertz CT molecular complexity index is 646. The van der Waals surface area contributed by atoms with Crippen molar-refractivity contribution in [1.29, 1.82) is 0 Å². The molecule has 1 heterocycles. The average Bonchev–Trinajstić information content (AvgIpc) is 2.65. The fourth-order valence-electron chi connectivity index (χ4n) is 1.56. The van der Waals surface area contributed by atoms with Crippen LogP contribution in [0.4, 0.5) is 0 Å². The molecule has 0 aliphatic rings. The normalized spacial score (nSPS) is 12.1. The van der Waals surface area contributed by atoms with Gasteiger partial charge >= 0.3 is 0 Å². The van der Waals surface area contributed by atoms with Crippen molar-refractivity contribution in [2.24, 2.45) is 0 Å². The van der Waals surface area contributed by atoms with Crippen LogP contribution in [0.25, 0.3) is 11.1 Å². The van der Waals surface area contributed by atoms with E-state index in [0.717, 1.165) is 16.7 Å². The molecule has 2 rings (SSSR count). The van der Waals surface area contributed by atoms with Crippen LogP contribution >= 0.6 is 11.8 Å². The van der Waals surface area contributed by atoms with E-state index in [0.29, 0.717) is 17.4 Å².